The van der Waals surface area contributed by atoms with Gasteiger partial charge in [-0.15, -0.1) is 0 Å². The molecule has 4 nitrogen and oxygen atoms in total. The van der Waals surface area contributed by atoms with Gasteiger partial charge in [-0.25, -0.2) is 0 Å². The lowest BCUT2D eigenvalue weighted by Crippen LogP contribution is -2.30. The molecular weight excluding hydrogens is 196 g/mol. The van der Waals surface area contributed by atoms with Crippen molar-refractivity contribution in [1.82, 2.24) is 0 Å². The van der Waals surface area contributed by atoms with E-state index in [2.05, 4.69) is 6.92 Å². The molecule has 0 aromatic carbocycles. The Bertz CT molecular complexity index is 163. The van der Waals surface area contributed by atoms with E-state index >= 15 is 0 Å². The molecule has 15 heavy (non-hydrogen) atoms. The summed E-state index contributed by atoms with van der Waals surface area (Å²) in [6.45, 7) is 2.85. The van der Waals surface area contributed by atoms with Gasteiger partial charge in [0.1, 0.15) is 0 Å². The van der Waals surface area contributed by atoms with Gasteiger partial charge in [-0.1, -0.05) is 13.3 Å². The van der Waals surface area contributed by atoms with Gasteiger partial charge in [0.2, 0.25) is 0 Å². The summed E-state index contributed by atoms with van der Waals surface area (Å²) in [7, 11) is 0. The highest BCUT2D eigenvalue weighted by atomic mass is 16.6. The number of rotatable bonds is 7. The van der Waals surface area contributed by atoms with Crippen molar-refractivity contribution in [2.24, 2.45) is 0 Å². The molecule has 0 aromatic heterocycles. The van der Waals surface area contributed by atoms with E-state index < -0.39 is 6.29 Å². The van der Waals surface area contributed by atoms with E-state index in [0.717, 1.165) is 19.3 Å². The smallest absolute Gasteiger partial charge is 0.155 e. The number of unbranched alkanes of at least 4 members (excludes halogenated alkanes) is 1. The average molecular weight is 218 g/mol. The van der Waals surface area contributed by atoms with E-state index in [9.17, 15) is 5.11 Å². The van der Waals surface area contributed by atoms with E-state index in [4.69, 9.17) is 14.6 Å². The van der Waals surface area contributed by atoms with Crippen LogP contribution in [0.3, 0.4) is 0 Å². The van der Waals surface area contributed by atoms with Crippen LogP contribution < -0.4 is 0 Å². The highest BCUT2D eigenvalue weighted by Crippen LogP contribution is 2.21. The molecule has 0 saturated carbocycles. The van der Waals surface area contributed by atoms with Crippen molar-refractivity contribution >= 4 is 0 Å². The van der Waals surface area contributed by atoms with Crippen LogP contribution in [0, 0.1) is 0 Å². The van der Waals surface area contributed by atoms with Gasteiger partial charge in [0, 0.05) is 13.2 Å². The zero-order valence-corrected chi connectivity index (χ0v) is 9.39. The molecule has 2 N–H and O–H groups in total. The molecule has 4 heteroatoms. The molecule has 1 fully saturated rings. The highest BCUT2D eigenvalue weighted by molar-refractivity contribution is 4.77. The van der Waals surface area contributed by atoms with Gasteiger partial charge in [-0.3, -0.25) is 0 Å². The maximum absolute atomic E-state index is 9.59. The minimum Gasteiger partial charge on any atom is -0.396 e. The van der Waals surface area contributed by atoms with E-state index in [1.165, 1.54) is 0 Å². The predicted molar refractivity (Wildman–Crippen MR) is 56.5 cm³/mol. The Labute approximate surface area is 91.2 Å². The van der Waals surface area contributed by atoms with Crippen LogP contribution in [0.2, 0.25) is 0 Å². The van der Waals surface area contributed by atoms with E-state index in [1.807, 2.05) is 0 Å². The largest absolute Gasteiger partial charge is 0.396 e. The van der Waals surface area contributed by atoms with Crippen LogP contribution in [0.25, 0.3) is 0 Å². The SMILES string of the molecule is CCCCC(O)OC1CCO[C@@H]1CCO. The first-order valence-electron chi connectivity index (χ1n) is 5.84. The number of aliphatic hydroxyl groups excluding tert-OH is 2. The fourth-order valence-electron chi connectivity index (χ4n) is 1.83. The fourth-order valence-corrected chi connectivity index (χ4v) is 1.83. The van der Waals surface area contributed by atoms with Crippen LogP contribution in [0.4, 0.5) is 0 Å². The summed E-state index contributed by atoms with van der Waals surface area (Å²) in [6, 6.07) is 0. The molecule has 0 bridgehead atoms. The second-order valence-electron chi connectivity index (χ2n) is 3.98. The summed E-state index contributed by atoms with van der Waals surface area (Å²) in [5, 5.41) is 18.4. The van der Waals surface area contributed by atoms with Crippen LogP contribution in [-0.4, -0.2) is 41.9 Å². The lowest BCUT2D eigenvalue weighted by molar-refractivity contribution is -0.154. The molecule has 0 aromatic rings. The average Bonchev–Trinajstić information content (AvgIpc) is 2.63. The lowest BCUT2D eigenvalue weighted by atomic mass is 10.1. The monoisotopic (exact) mass is 218 g/mol. The standard InChI is InChI=1S/C11H22O4/c1-2-3-4-11(13)15-10-6-8-14-9(10)5-7-12/h9-13H,2-8H2,1H3/t9-,10?,11?/m1/s1. The van der Waals surface area contributed by atoms with Gasteiger partial charge >= 0.3 is 0 Å². The number of hydrogen-bond donors (Lipinski definition) is 2. The third kappa shape index (κ3) is 4.47. The van der Waals surface area contributed by atoms with Crippen molar-refractivity contribution in [2.45, 2.75) is 57.5 Å². The summed E-state index contributed by atoms with van der Waals surface area (Å²) in [6.07, 6.45) is 3.33. The summed E-state index contributed by atoms with van der Waals surface area (Å²) < 4.78 is 10.9. The Morgan fingerprint density at radius 2 is 2.33 bits per heavy atom. The summed E-state index contributed by atoms with van der Waals surface area (Å²) >= 11 is 0. The fraction of sp³-hybridized carbons (Fsp3) is 1.00. The first-order valence-corrected chi connectivity index (χ1v) is 5.84. The molecule has 90 valence electrons. The molecule has 1 saturated heterocycles. The molecule has 0 aliphatic carbocycles. The van der Waals surface area contributed by atoms with E-state index in [0.29, 0.717) is 19.4 Å². The van der Waals surface area contributed by atoms with Gasteiger partial charge in [0.15, 0.2) is 6.29 Å². The van der Waals surface area contributed by atoms with Gasteiger partial charge in [-0.2, -0.15) is 0 Å². The van der Waals surface area contributed by atoms with Crippen molar-refractivity contribution in [2.75, 3.05) is 13.2 Å². The summed E-state index contributed by atoms with van der Waals surface area (Å²) in [5.74, 6) is 0. The van der Waals surface area contributed by atoms with Gasteiger partial charge in [-0.05, 0) is 25.7 Å². The Morgan fingerprint density at radius 1 is 1.53 bits per heavy atom. The second-order valence-corrected chi connectivity index (χ2v) is 3.98. The number of ether oxygens (including phenoxy) is 2. The molecule has 3 atom stereocenters. The molecule has 1 aliphatic heterocycles. The van der Waals surface area contributed by atoms with Crippen LogP contribution in [-0.2, 0) is 9.47 Å². The highest BCUT2D eigenvalue weighted by Gasteiger charge is 2.30. The molecule has 0 amide bonds. The number of aliphatic hydroxyl groups is 2. The second kappa shape index (κ2) is 7.17. The molecule has 1 heterocycles. The summed E-state index contributed by atoms with van der Waals surface area (Å²) in [5.41, 5.74) is 0. The molecule has 0 radical (unpaired) electrons. The van der Waals surface area contributed by atoms with E-state index in [1.54, 1.807) is 0 Å². The van der Waals surface area contributed by atoms with Crippen LogP contribution >= 0.6 is 0 Å². The lowest BCUT2D eigenvalue weighted by Gasteiger charge is -2.21. The van der Waals surface area contributed by atoms with E-state index in [-0.39, 0.29) is 18.8 Å². The Morgan fingerprint density at radius 3 is 3.00 bits per heavy atom. The molecule has 0 spiro atoms. The number of hydrogen-bond acceptors (Lipinski definition) is 4. The minimum atomic E-state index is -0.683. The molecule has 1 aliphatic rings. The quantitative estimate of drug-likeness (QED) is 0.627. The zero-order chi connectivity index (χ0) is 11.1. The molecular formula is C11H22O4. The van der Waals surface area contributed by atoms with Crippen LogP contribution in [0.15, 0.2) is 0 Å². The van der Waals surface area contributed by atoms with Crippen molar-refractivity contribution in [3.05, 3.63) is 0 Å². The Kier molecular flexibility index (Phi) is 6.17. The third-order valence-corrected chi connectivity index (χ3v) is 2.70. The van der Waals surface area contributed by atoms with Gasteiger partial charge in [0.25, 0.3) is 0 Å². The predicted octanol–water partition coefficient (Wildman–Crippen LogP) is 1.05. The van der Waals surface area contributed by atoms with Crippen LogP contribution in [0.5, 0.6) is 0 Å². The third-order valence-electron chi connectivity index (χ3n) is 2.70. The summed E-state index contributed by atoms with van der Waals surface area (Å²) in [4.78, 5) is 0. The first kappa shape index (κ1) is 12.9. The van der Waals surface area contributed by atoms with Crippen LogP contribution in [0.1, 0.15) is 39.0 Å². The Balaban J connectivity index is 2.23. The Hall–Kier alpha value is -0.160. The van der Waals surface area contributed by atoms with Crippen molar-refractivity contribution in [3.8, 4) is 0 Å². The first-order chi connectivity index (χ1) is 7.27. The van der Waals surface area contributed by atoms with Crippen molar-refractivity contribution < 1.29 is 19.7 Å². The van der Waals surface area contributed by atoms with Gasteiger partial charge < -0.3 is 19.7 Å². The zero-order valence-electron chi connectivity index (χ0n) is 9.39. The van der Waals surface area contributed by atoms with Crippen molar-refractivity contribution in [3.63, 3.8) is 0 Å². The molecule has 2 unspecified atom stereocenters. The maximum atomic E-state index is 9.59. The van der Waals surface area contributed by atoms with Gasteiger partial charge in [0.05, 0.1) is 12.2 Å². The minimum absolute atomic E-state index is 0.0497. The topological polar surface area (TPSA) is 58.9 Å². The normalized spacial score (nSPS) is 28.2. The maximum Gasteiger partial charge on any atom is 0.155 e. The van der Waals surface area contributed by atoms with Crippen molar-refractivity contribution in [1.29, 1.82) is 0 Å². The molecule has 1 rings (SSSR count).